The molecule has 8 heteroatoms. The molecular weight excluding hydrogens is 418 g/mol. The minimum Gasteiger partial charge on any atom is -0.497 e. The van der Waals surface area contributed by atoms with Gasteiger partial charge in [0.05, 0.1) is 31.6 Å². The molecule has 1 saturated heterocycles. The van der Waals surface area contributed by atoms with Crippen molar-refractivity contribution in [3.63, 3.8) is 0 Å². The highest BCUT2D eigenvalue weighted by Gasteiger charge is 2.26. The zero-order valence-corrected chi connectivity index (χ0v) is 19.5. The number of hydrogen-bond donors (Lipinski definition) is 1. The molecular formula is C25H31N5O3. The van der Waals surface area contributed by atoms with Crippen LogP contribution in [0.5, 0.6) is 11.5 Å². The normalized spacial score (nSPS) is 15.1. The maximum atomic E-state index is 13.1. The van der Waals surface area contributed by atoms with E-state index in [-0.39, 0.29) is 11.9 Å². The highest BCUT2D eigenvalue weighted by atomic mass is 16.5. The Bertz CT molecular complexity index is 1090. The van der Waals surface area contributed by atoms with Gasteiger partial charge in [0.15, 0.2) is 5.69 Å². The second kappa shape index (κ2) is 10.5. The van der Waals surface area contributed by atoms with Gasteiger partial charge in [-0.05, 0) is 51.1 Å². The van der Waals surface area contributed by atoms with E-state index in [4.69, 9.17) is 9.47 Å². The summed E-state index contributed by atoms with van der Waals surface area (Å²) >= 11 is 0. The first-order valence-corrected chi connectivity index (χ1v) is 11.3. The van der Waals surface area contributed by atoms with Crippen molar-refractivity contribution in [2.45, 2.75) is 32.2 Å². The topological polar surface area (TPSA) is 81.5 Å². The Balaban J connectivity index is 1.53. The van der Waals surface area contributed by atoms with E-state index in [1.54, 1.807) is 18.9 Å². The van der Waals surface area contributed by atoms with Crippen molar-refractivity contribution in [3.8, 4) is 17.2 Å². The van der Waals surface area contributed by atoms with Crippen LogP contribution >= 0.6 is 0 Å². The minimum absolute atomic E-state index is 0.0270. The van der Waals surface area contributed by atoms with E-state index in [2.05, 4.69) is 26.6 Å². The Morgan fingerprint density at radius 2 is 1.85 bits per heavy atom. The van der Waals surface area contributed by atoms with E-state index >= 15 is 0 Å². The highest BCUT2D eigenvalue weighted by Crippen LogP contribution is 2.31. The molecule has 0 radical (unpaired) electrons. The maximum absolute atomic E-state index is 13.1. The van der Waals surface area contributed by atoms with Crippen molar-refractivity contribution < 1.29 is 14.3 Å². The quantitative estimate of drug-likeness (QED) is 0.566. The molecule has 0 aliphatic carbocycles. The summed E-state index contributed by atoms with van der Waals surface area (Å²) in [6, 6.07) is 15.6. The molecule has 2 heterocycles. The first-order chi connectivity index (χ1) is 16.1. The van der Waals surface area contributed by atoms with Crippen molar-refractivity contribution in [1.82, 2.24) is 25.2 Å². The average Bonchev–Trinajstić information content (AvgIpc) is 3.26. The number of carbonyl (C=O) groups is 1. The number of benzene rings is 2. The van der Waals surface area contributed by atoms with E-state index < -0.39 is 0 Å². The zero-order valence-electron chi connectivity index (χ0n) is 19.5. The Morgan fingerprint density at radius 3 is 2.61 bits per heavy atom. The number of ether oxygens (including phenoxy) is 2. The summed E-state index contributed by atoms with van der Waals surface area (Å²) in [6.45, 7) is 4.31. The van der Waals surface area contributed by atoms with Crippen molar-refractivity contribution in [3.05, 3.63) is 65.5 Å². The van der Waals surface area contributed by atoms with E-state index in [1.807, 2.05) is 49.4 Å². The molecule has 2 aromatic carbocycles. The molecule has 0 bridgehead atoms. The predicted octanol–water partition coefficient (Wildman–Crippen LogP) is 3.55. The van der Waals surface area contributed by atoms with E-state index in [9.17, 15) is 4.79 Å². The van der Waals surface area contributed by atoms with Crippen LogP contribution in [0.2, 0.25) is 0 Å². The lowest BCUT2D eigenvalue weighted by Gasteiger charge is -2.35. The summed E-state index contributed by atoms with van der Waals surface area (Å²) in [5.74, 6) is 1.32. The largest absolute Gasteiger partial charge is 0.497 e. The second-order valence-electron chi connectivity index (χ2n) is 8.20. The van der Waals surface area contributed by atoms with Gasteiger partial charge in [0, 0.05) is 18.2 Å². The third-order valence-corrected chi connectivity index (χ3v) is 6.19. The number of carbonyl (C=O) groups excluding carboxylic acids is 1. The van der Waals surface area contributed by atoms with Crippen LogP contribution in [0, 0.1) is 6.92 Å². The van der Waals surface area contributed by atoms with Gasteiger partial charge in [0.2, 0.25) is 0 Å². The Hall–Kier alpha value is -3.39. The molecule has 3 aromatic rings. The monoisotopic (exact) mass is 449 g/mol. The van der Waals surface area contributed by atoms with Gasteiger partial charge in [-0.25, -0.2) is 4.68 Å². The van der Waals surface area contributed by atoms with Crippen LogP contribution in [-0.2, 0) is 0 Å². The number of methoxy groups -OCH3 is 2. The lowest BCUT2D eigenvalue weighted by Crippen LogP contribution is -2.41. The van der Waals surface area contributed by atoms with E-state index in [0.29, 0.717) is 17.9 Å². The number of aromatic nitrogens is 3. The summed E-state index contributed by atoms with van der Waals surface area (Å²) in [5.41, 5.74) is 2.86. The number of nitrogens with zero attached hydrogens (tertiary/aromatic N) is 4. The number of amides is 1. The molecule has 0 saturated carbocycles. The number of piperidine rings is 1. The average molecular weight is 450 g/mol. The van der Waals surface area contributed by atoms with E-state index in [0.717, 1.165) is 48.7 Å². The fraction of sp³-hybridized carbons (Fsp3) is 0.400. The first kappa shape index (κ1) is 22.8. The predicted molar refractivity (Wildman–Crippen MR) is 126 cm³/mol. The Kier molecular flexibility index (Phi) is 7.24. The van der Waals surface area contributed by atoms with Crippen LogP contribution in [-0.4, -0.2) is 59.7 Å². The molecule has 1 fully saturated rings. The van der Waals surface area contributed by atoms with E-state index in [1.165, 1.54) is 6.42 Å². The SMILES string of the molecule is COc1cccc(-n2nnc(C(=O)NCC(c3ccccc3OC)N3CCCCC3)c2C)c1. The number of para-hydroxylation sites is 1. The molecule has 1 atom stereocenters. The summed E-state index contributed by atoms with van der Waals surface area (Å²) in [6.07, 6.45) is 3.56. The molecule has 4 rings (SSSR count). The maximum Gasteiger partial charge on any atom is 0.273 e. The lowest BCUT2D eigenvalue weighted by atomic mass is 10.0. The van der Waals surface area contributed by atoms with Crippen molar-refractivity contribution in [2.75, 3.05) is 33.9 Å². The standard InChI is InChI=1S/C25H31N5O3/c1-18-24(27-28-30(18)19-10-9-11-20(16-19)32-2)25(31)26-17-22(29-14-7-4-8-15-29)21-12-5-6-13-23(21)33-3/h5-6,9-13,16,22H,4,7-8,14-15,17H2,1-3H3,(H,26,31). The van der Waals surface area contributed by atoms with Crippen LogP contribution in [0.25, 0.3) is 5.69 Å². The van der Waals surface area contributed by atoms with Gasteiger partial charge in [-0.15, -0.1) is 5.10 Å². The molecule has 1 unspecified atom stereocenters. The molecule has 1 aliphatic heterocycles. The van der Waals surface area contributed by atoms with Crippen LogP contribution < -0.4 is 14.8 Å². The Labute approximate surface area is 194 Å². The fourth-order valence-corrected chi connectivity index (χ4v) is 4.41. The summed E-state index contributed by atoms with van der Waals surface area (Å²) < 4.78 is 12.6. The number of hydrogen-bond acceptors (Lipinski definition) is 6. The third-order valence-electron chi connectivity index (χ3n) is 6.19. The minimum atomic E-state index is -0.237. The second-order valence-corrected chi connectivity index (χ2v) is 8.20. The molecule has 8 nitrogen and oxygen atoms in total. The highest BCUT2D eigenvalue weighted by molar-refractivity contribution is 5.93. The van der Waals surface area contributed by atoms with Gasteiger partial charge >= 0.3 is 0 Å². The van der Waals surface area contributed by atoms with Gasteiger partial charge in [-0.1, -0.05) is 35.9 Å². The number of likely N-dealkylation sites (tertiary alicyclic amines) is 1. The van der Waals surface area contributed by atoms with Crippen molar-refractivity contribution in [1.29, 1.82) is 0 Å². The number of nitrogens with one attached hydrogen (secondary N) is 1. The summed E-state index contributed by atoms with van der Waals surface area (Å²) in [5, 5.41) is 11.5. The zero-order chi connectivity index (χ0) is 23.2. The first-order valence-electron chi connectivity index (χ1n) is 11.3. The summed E-state index contributed by atoms with van der Waals surface area (Å²) in [4.78, 5) is 15.5. The van der Waals surface area contributed by atoms with Crippen molar-refractivity contribution in [2.24, 2.45) is 0 Å². The molecule has 1 N–H and O–H groups in total. The smallest absolute Gasteiger partial charge is 0.273 e. The molecule has 1 amide bonds. The third kappa shape index (κ3) is 5.01. The molecule has 1 aromatic heterocycles. The van der Waals surface area contributed by atoms with Gasteiger partial charge in [0.1, 0.15) is 11.5 Å². The van der Waals surface area contributed by atoms with Crippen molar-refractivity contribution >= 4 is 5.91 Å². The molecule has 33 heavy (non-hydrogen) atoms. The summed E-state index contributed by atoms with van der Waals surface area (Å²) in [7, 11) is 3.30. The van der Waals surface area contributed by atoms with Gasteiger partial charge < -0.3 is 14.8 Å². The van der Waals surface area contributed by atoms with Gasteiger partial charge in [-0.2, -0.15) is 0 Å². The van der Waals surface area contributed by atoms with Crippen LogP contribution in [0.1, 0.15) is 47.1 Å². The Morgan fingerprint density at radius 1 is 1.06 bits per heavy atom. The number of rotatable bonds is 8. The van der Waals surface area contributed by atoms with Crippen LogP contribution in [0.4, 0.5) is 0 Å². The van der Waals surface area contributed by atoms with Gasteiger partial charge in [-0.3, -0.25) is 9.69 Å². The van der Waals surface area contributed by atoms with Gasteiger partial charge in [0.25, 0.3) is 5.91 Å². The lowest BCUT2D eigenvalue weighted by molar-refractivity contribution is 0.0917. The molecule has 174 valence electrons. The molecule has 0 spiro atoms. The van der Waals surface area contributed by atoms with Crippen LogP contribution in [0.3, 0.4) is 0 Å². The van der Waals surface area contributed by atoms with Crippen LogP contribution in [0.15, 0.2) is 48.5 Å². The fourth-order valence-electron chi connectivity index (χ4n) is 4.41. The molecule has 1 aliphatic rings.